The van der Waals surface area contributed by atoms with Crippen molar-refractivity contribution >= 4 is 28.9 Å². The number of anilines is 2. The molecular weight excluding hydrogens is 274 g/mol. The molecule has 4 heteroatoms. The number of nitrogens with zero attached hydrogens (tertiary/aromatic N) is 1. The third-order valence-electron chi connectivity index (χ3n) is 3.30. The summed E-state index contributed by atoms with van der Waals surface area (Å²) in [6.45, 7) is 2.11. The Labute approximate surface area is 123 Å². The molecule has 1 N–H and O–H groups in total. The Kier molecular flexibility index (Phi) is 4.30. The lowest BCUT2D eigenvalue weighted by Gasteiger charge is -2.20. The van der Waals surface area contributed by atoms with Crippen molar-refractivity contribution < 1.29 is 9.90 Å². The first-order valence-electron chi connectivity index (χ1n) is 6.38. The van der Waals surface area contributed by atoms with Crippen LogP contribution in [0.25, 0.3) is 0 Å². The van der Waals surface area contributed by atoms with E-state index in [1.165, 1.54) is 11.6 Å². The van der Waals surface area contributed by atoms with Gasteiger partial charge >= 0.3 is 5.97 Å². The lowest BCUT2D eigenvalue weighted by Crippen LogP contribution is -2.10. The summed E-state index contributed by atoms with van der Waals surface area (Å²) >= 11 is 6.00. The summed E-state index contributed by atoms with van der Waals surface area (Å²) in [5.41, 5.74) is 3.28. The highest BCUT2D eigenvalue weighted by Gasteiger charge is 2.11. The lowest BCUT2D eigenvalue weighted by molar-refractivity contribution is 0.0697. The number of benzene rings is 2. The van der Waals surface area contributed by atoms with Crippen LogP contribution in [0, 0.1) is 0 Å². The van der Waals surface area contributed by atoms with E-state index in [0.29, 0.717) is 0 Å². The maximum atomic E-state index is 10.9. The predicted molar refractivity (Wildman–Crippen MR) is 82.3 cm³/mol. The van der Waals surface area contributed by atoms with Gasteiger partial charge in [-0.25, -0.2) is 4.79 Å². The van der Waals surface area contributed by atoms with Crippen LogP contribution in [-0.4, -0.2) is 18.1 Å². The van der Waals surface area contributed by atoms with E-state index in [1.54, 1.807) is 12.1 Å². The number of carbonyl (C=O) groups is 1. The molecule has 0 fully saturated rings. The zero-order valence-corrected chi connectivity index (χ0v) is 12.2. The third-order valence-corrected chi connectivity index (χ3v) is 3.61. The lowest BCUT2D eigenvalue weighted by atomic mass is 10.1. The average Bonchev–Trinajstić information content (AvgIpc) is 2.46. The van der Waals surface area contributed by atoms with Gasteiger partial charge in [-0.3, -0.25) is 0 Å². The minimum absolute atomic E-state index is 0.116. The summed E-state index contributed by atoms with van der Waals surface area (Å²) < 4.78 is 0. The van der Waals surface area contributed by atoms with E-state index in [2.05, 4.69) is 19.1 Å². The van der Waals surface area contributed by atoms with Crippen molar-refractivity contribution in [3.05, 3.63) is 58.6 Å². The highest BCUT2D eigenvalue weighted by molar-refractivity contribution is 6.33. The summed E-state index contributed by atoms with van der Waals surface area (Å²) in [6.07, 6.45) is 1.00. The van der Waals surface area contributed by atoms with Crippen LogP contribution in [0.5, 0.6) is 0 Å². The molecule has 20 heavy (non-hydrogen) atoms. The number of hydrogen-bond acceptors (Lipinski definition) is 2. The summed E-state index contributed by atoms with van der Waals surface area (Å²) in [5, 5.41) is 9.21. The Morgan fingerprint density at radius 1 is 1.15 bits per heavy atom. The van der Waals surface area contributed by atoms with Crippen LogP contribution in [0.1, 0.15) is 22.8 Å². The van der Waals surface area contributed by atoms with E-state index in [1.807, 2.05) is 24.1 Å². The molecule has 0 aliphatic rings. The second kappa shape index (κ2) is 5.97. The van der Waals surface area contributed by atoms with Gasteiger partial charge in [0, 0.05) is 18.4 Å². The quantitative estimate of drug-likeness (QED) is 0.908. The molecule has 0 heterocycles. The van der Waals surface area contributed by atoms with E-state index in [-0.39, 0.29) is 10.6 Å². The van der Waals surface area contributed by atoms with E-state index < -0.39 is 5.97 Å². The molecule has 0 aliphatic carbocycles. The maximum Gasteiger partial charge on any atom is 0.337 e. The topological polar surface area (TPSA) is 40.5 Å². The van der Waals surface area contributed by atoms with Gasteiger partial charge in [-0.2, -0.15) is 0 Å². The zero-order valence-electron chi connectivity index (χ0n) is 11.4. The number of rotatable bonds is 4. The Balaban J connectivity index is 2.30. The molecule has 0 unspecified atom stereocenters. The van der Waals surface area contributed by atoms with Gasteiger partial charge in [0.15, 0.2) is 0 Å². The van der Waals surface area contributed by atoms with Crippen molar-refractivity contribution in [1.82, 2.24) is 0 Å². The summed E-state index contributed by atoms with van der Waals surface area (Å²) in [6, 6.07) is 13.2. The average molecular weight is 290 g/mol. The molecule has 0 amide bonds. The van der Waals surface area contributed by atoms with Gasteiger partial charge in [0.2, 0.25) is 0 Å². The van der Waals surface area contributed by atoms with Gasteiger partial charge in [-0.05, 0) is 42.3 Å². The number of aromatic carboxylic acids is 1. The maximum absolute atomic E-state index is 10.9. The minimum atomic E-state index is -1.02. The molecule has 0 saturated heterocycles. The first-order chi connectivity index (χ1) is 9.52. The normalized spacial score (nSPS) is 10.3. The second-order valence-electron chi connectivity index (χ2n) is 4.55. The van der Waals surface area contributed by atoms with E-state index in [9.17, 15) is 4.79 Å². The van der Waals surface area contributed by atoms with Crippen molar-refractivity contribution in [2.75, 3.05) is 11.9 Å². The van der Waals surface area contributed by atoms with Crippen molar-refractivity contribution in [2.24, 2.45) is 0 Å². The predicted octanol–water partition coefficient (Wildman–Crippen LogP) is 4.37. The van der Waals surface area contributed by atoms with Crippen molar-refractivity contribution in [2.45, 2.75) is 13.3 Å². The Morgan fingerprint density at radius 2 is 1.75 bits per heavy atom. The molecule has 0 saturated carbocycles. The van der Waals surface area contributed by atoms with Gasteiger partial charge in [-0.1, -0.05) is 30.7 Å². The van der Waals surface area contributed by atoms with Gasteiger partial charge in [0.05, 0.1) is 10.6 Å². The van der Waals surface area contributed by atoms with Gasteiger partial charge < -0.3 is 10.0 Å². The molecule has 3 nitrogen and oxygen atoms in total. The fourth-order valence-electron chi connectivity index (χ4n) is 1.99. The van der Waals surface area contributed by atoms with Gasteiger partial charge in [-0.15, -0.1) is 0 Å². The van der Waals surface area contributed by atoms with Crippen LogP contribution in [-0.2, 0) is 6.42 Å². The SMILES string of the molecule is CCc1ccc(N(C)c2ccc(C(=O)O)c(Cl)c2)cc1. The van der Waals surface area contributed by atoms with Crippen molar-refractivity contribution in [3.8, 4) is 0 Å². The smallest absolute Gasteiger partial charge is 0.337 e. The number of halogens is 1. The molecule has 0 aliphatic heterocycles. The van der Waals surface area contributed by atoms with Crippen molar-refractivity contribution in [1.29, 1.82) is 0 Å². The molecular formula is C16H16ClNO2. The van der Waals surface area contributed by atoms with Crippen LogP contribution in [0.15, 0.2) is 42.5 Å². The summed E-state index contributed by atoms with van der Waals surface area (Å²) in [4.78, 5) is 12.9. The second-order valence-corrected chi connectivity index (χ2v) is 4.96. The monoisotopic (exact) mass is 289 g/mol. The molecule has 0 spiro atoms. The van der Waals surface area contributed by atoms with Crippen LogP contribution in [0.4, 0.5) is 11.4 Å². The molecule has 0 aromatic heterocycles. The first kappa shape index (κ1) is 14.4. The highest BCUT2D eigenvalue weighted by Crippen LogP contribution is 2.28. The largest absolute Gasteiger partial charge is 0.478 e. The molecule has 2 rings (SSSR count). The van der Waals surface area contributed by atoms with Crippen LogP contribution in [0.3, 0.4) is 0 Å². The zero-order chi connectivity index (χ0) is 14.7. The van der Waals surface area contributed by atoms with E-state index in [4.69, 9.17) is 16.7 Å². The Bertz CT molecular complexity index is 623. The first-order valence-corrected chi connectivity index (χ1v) is 6.76. The standard InChI is InChI=1S/C16H16ClNO2/c1-3-11-4-6-12(7-5-11)18(2)13-8-9-14(16(19)20)15(17)10-13/h4-10H,3H2,1-2H3,(H,19,20). The van der Waals surface area contributed by atoms with Crippen LogP contribution < -0.4 is 4.90 Å². The fourth-order valence-corrected chi connectivity index (χ4v) is 2.25. The molecule has 2 aromatic carbocycles. The number of aryl methyl sites for hydroxylation is 1. The summed E-state index contributed by atoms with van der Waals surface area (Å²) in [7, 11) is 1.92. The Morgan fingerprint density at radius 3 is 2.25 bits per heavy atom. The molecule has 104 valence electrons. The number of hydrogen-bond donors (Lipinski definition) is 1. The minimum Gasteiger partial charge on any atom is -0.478 e. The van der Waals surface area contributed by atoms with E-state index in [0.717, 1.165) is 17.8 Å². The Hall–Kier alpha value is -2.00. The van der Waals surface area contributed by atoms with Crippen molar-refractivity contribution in [3.63, 3.8) is 0 Å². The molecule has 0 atom stereocenters. The molecule has 2 aromatic rings. The number of carboxylic acid groups (broad SMARTS) is 1. The highest BCUT2D eigenvalue weighted by atomic mass is 35.5. The van der Waals surface area contributed by atoms with Gasteiger partial charge in [0.1, 0.15) is 0 Å². The molecule has 0 radical (unpaired) electrons. The number of carboxylic acids is 1. The summed E-state index contributed by atoms with van der Waals surface area (Å²) in [5.74, 6) is -1.02. The fraction of sp³-hybridized carbons (Fsp3) is 0.188. The molecule has 0 bridgehead atoms. The van der Waals surface area contributed by atoms with Crippen LogP contribution >= 0.6 is 11.6 Å². The van der Waals surface area contributed by atoms with E-state index >= 15 is 0 Å². The van der Waals surface area contributed by atoms with Gasteiger partial charge in [0.25, 0.3) is 0 Å². The third kappa shape index (κ3) is 2.94. The van der Waals surface area contributed by atoms with Crippen LogP contribution in [0.2, 0.25) is 5.02 Å².